The predicted octanol–water partition coefficient (Wildman–Crippen LogP) is 6.09. The highest BCUT2D eigenvalue weighted by Crippen LogP contribution is 2.25. The third-order valence-corrected chi connectivity index (χ3v) is 4.74. The van der Waals surface area contributed by atoms with E-state index in [1.165, 1.54) is 0 Å². The Balaban J connectivity index is 1.49. The molecule has 0 saturated carbocycles. The first kappa shape index (κ1) is 18.4. The molecule has 28 heavy (non-hydrogen) atoms. The summed E-state index contributed by atoms with van der Waals surface area (Å²) >= 11 is 12.1. The summed E-state index contributed by atoms with van der Waals surface area (Å²) in [6.07, 6.45) is 5.21. The van der Waals surface area contributed by atoms with Gasteiger partial charge in [-0.05, 0) is 54.6 Å². The molecule has 0 bridgehead atoms. The molecule has 0 aliphatic rings. The topological polar surface area (TPSA) is 47.9 Å². The Morgan fingerprint density at radius 3 is 2.32 bits per heavy atom. The van der Waals surface area contributed by atoms with Gasteiger partial charge >= 0.3 is 0 Å². The van der Waals surface area contributed by atoms with Gasteiger partial charge in [-0.2, -0.15) is 0 Å². The molecule has 6 heteroatoms. The molecule has 2 aromatic heterocycles. The van der Waals surface area contributed by atoms with Crippen LogP contribution in [0.1, 0.15) is 5.56 Å². The quantitative estimate of drug-likeness (QED) is 0.401. The Bertz CT molecular complexity index is 1090. The predicted molar refractivity (Wildman–Crippen MR) is 111 cm³/mol. The van der Waals surface area contributed by atoms with Gasteiger partial charge in [0.2, 0.25) is 0 Å². The standard InChI is InChI=1S/C22H15Cl2N3O/c23-18-4-1-17(20(24)13-18)14-28-19-5-2-15(3-6-19)21-9-12-26-22(27-21)16-7-10-25-11-8-16/h1-13H,14H2. The summed E-state index contributed by atoms with van der Waals surface area (Å²) in [6.45, 7) is 0.370. The van der Waals surface area contributed by atoms with Crippen LogP contribution in [-0.4, -0.2) is 15.0 Å². The zero-order chi connectivity index (χ0) is 19.3. The molecular formula is C22H15Cl2N3O. The van der Waals surface area contributed by atoms with Gasteiger partial charge < -0.3 is 4.74 Å². The van der Waals surface area contributed by atoms with Gasteiger partial charge in [0.15, 0.2) is 5.82 Å². The van der Waals surface area contributed by atoms with Crippen LogP contribution in [0, 0.1) is 0 Å². The number of halogens is 2. The lowest BCUT2D eigenvalue weighted by Gasteiger charge is -2.09. The van der Waals surface area contributed by atoms with Crippen LogP contribution in [-0.2, 0) is 6.61 Å². The molecule has 0 fully saturated rings. The number of rotatable bonds is 5. The number of benzene rings is 2. The smallest absolute Gasteiger partial charge is 0.159 e. The molecule has 0 aliphatic carbocycles. The van der Waals surface area contributed by atoms with Crippen molar-refractivity contribution in [2.45, 2.75) is 6.61 Å². The third kappa shape index (κ3) is 4.30. The van der Waals surface area contributed by atoms with Crippen LogP contribution in [0.4, 0.5) is 0 Å². The minimum Gasteiger partial charge on any atom is -0.489 e. The zero-order valence-corrected chi connectivity index (χ0v) is 16.2. The van der Waals surface area contributed by atoms with E-state index in [0.717, 1.165) is 28.1 Å². The molecule has 0 N–H and O–H groups in total. The van der Waals surface area contributed by atoms with E-state index < -0.39 is 0 Å². The Hall–Kier alpha value is -2.95. The van der Waals surface area contributed by atoms with Crippen LogP contribution in [0.5, 0.6) is 5.75 Å². The van der Waals surface area contributed by atoms with Gasteiger partial charge in [-0.3, -0.25) is 4.98 Å². The monoisotopic (exact) mass is 407 g/mol. The minimum atomic E-state index is 0.370. The highest BCUT2D eigenvalue weighted by atomic mass is 35.5. The lowest BCUT2D eigenvalue weighted by atomic mass is 10.1. The summed E-state index contributed by atoms with van der Waals surface area (Å²) in [5.41, 5.74) is 3.63. The molecule has 0 radical (unpaired) electrons. The van der Waals surface area contributed by atoms with E-state index in [-0.39, 0.29) is 0 Å². The molecule has 4 nitrogen and oxygen atoms in total. The lowest BCUT2D eigenvalue weighted by molar-refractivity contribution is 0.306. The number of nitrogens with zero attached hydrogens (tertiary/aromatic N) is 3. The van der Waals surface area contributed by atoms with Gasteiger partial charge in [0.1, 0.15) is 12.4 Å². The highest BCUT2D eigenvalue weighted by molar-refractivity contribution is 6.35. The van der Waals surface area contributed by atoms with Crippen LogP contribution in [0.2, 0.25) is 10.0 Å². The highest BCUT2D eigenvalue weighted by Gasteiger charge is 2.06. The second kappa shape index (κ2) is 8.38. The van der Waals surface area contributed by atoms with Crippen LogP contribution in [0.15, 0.2) is 79.3 Å². The molecule has 0 aliphatic heterocycles. The number of hydrogen-bond acceptors (Lipinski definition) is 4. The van der Waals surface area contributed by atoms with E-state index in [2.05, 4.69) is 15.0 Å². The molecule has 2 heterocycles. The van der Waals surface area contributed by atoms with Gasteiger partial charge in [-0.25, -0.2) is 9.97 Å². The summed E-state index contributed by atoms with van der Waals surface area (Å²) in [4.78, 5) is 13.0. The van der Waals surface area contributed by atoms with Gasteiger partial charge in [-0.15, -0.1) is 0 Å². The number of ether oxygens (including phenoxy) is 1. The van der Waals surface area contributed by atoms with Crippen molar-refractivity contribution in [1.82, 2.24) is 15.0 Å². The van der Waals surface area contributed by atoms with Crippen molar-refractivity contribution < 1.29 is 4.74 Å². The van der Waals surface area contributed by atoms with Crippen molar-refractivity contribution in [3.63, 3.8) is 0 Å². The Kier molecular flexibility index (Phi) is 5.51. The Morgan fingerprint density at radius 2 is 1.57 bits per heavy atom. The maximum absolute atomic E-state index is 6.18. The van der Waals surface area contributed by atoms with Crippen molar-refractivity contribution in [2.75, 3.05) is 0 Å². The molecule has 0 amide bonds. The fraction of sp³-hybridized carbons (Fsp3) is 0.0455. The molecule has 0 saturated heterocycles. The van der Waals surface area contributed by atoms with Crippen molar-refractivity contribution in [3.05, 3.63) is 94.9 Å². The molecule has 138 valence electrons. The average molecular weight is 408 g/mol. The molecule has 0 spiro atoms. The first-order valence-electron chi connectivity index (χ1n) is 8.60. The van der Waals surface area contributed by atoms with Crippen molar-refractivity contribution in [1.29, 1.82) is 0 Å². The normalized spacial score (nSPS) is 10.6. The SMILES string of the molecule is Clc1ccc(COc2ccc(-c3ccnc(-c4ccncc4)n3)cc2)c(Cl)c1. The van der Waals surface area contributed by atoms with Gasteiger partial charge in [0, 0.05) is 45.3 Å². The lowest BCUT2D eigenvalue weighted by Crippen LogP contribution is -1.96. The van der Waals surface area contributed by atoms with Crippen LogP contribution >= 0.6 is 23.2 Å². The Labute approximate surface area is 172 Å². The fourth-order valence-corrected chi connectivity index (χ4v) is 3.14. The fourth-order valence-electron chi connectivity index (χ4n) is 2.68. The largest absolute Gasteiger partial charge is 0.489 e. The van der Waals surface area contributed by atoms with E-state index in [4.69, 9.17) is 27.9 Å². The summed E-state index contributed by atoms with van der Waals surface area (Å²) in [5, 5.41) is 1.20. The summed E-state index contributed by atoms with van der Waals surface area (Å²) < 4.78 is 5.83. The second-order valence-electron chi connectivity index (χ2n) is 6.05. The molecule has 4 aromatic rings. The van der Waals surface area contributed by atoms with Crippen LogP contribution < -0.4 is 4.74 Å². The minimum absolute atomic E-state index is 0.370. The van der Waals surface area contributed by atoms with Gasteiger partial charge in [0.25, 0.3) is 0 Å². The summed E-state index contributed by atoms with van der Waals surface area (Å²) in [7, 11) is 0. The molecule has 0 unspecified atom stereocenters. The van der Waals surface area contributed by atoms with E-state index in [9.17, 15) is 0 Å². The number of aromatic nitrogens is 3. The van der Waals surface area contributed by atoms with E-state index in [1.54, 1.807) is 30.7 Å². The van der Waals surface area contributed by atoms with Crippen LogP contribution in [0.3, 0.4) is 0 Å². The van der Waals surface area contributed by atoms with Crippen LogP contribution in [0.25, 0.3) is 22.6 Å². The third-order valence-electron chi connectivity index (χ3n) is 4.15. The first-order valence-corrected chi connectivity index (χ1v) is 9.35. The summed E-state index contributed by atoms with van der Waals surface area (Å²) in [6, 6.07) is 18.8. The van der Waals surface area contributed by atoms with Crippen molar-refractivity contribution in [3.8, 4) is 28.4 Å². The average Bonchev–Trinajstić information content (AvgIpc) is 2.74. The maximum atomic E-state index is 6.18. The summed E-state index contributed by atoms with van der Waals surface area (Å²) in [5.74, 6) is 1.41. The van der Waals surface area contributed by atoms with E-state index in [0.29, 0.717) is 22.5 Å². The maximum Gasteiger partial charge on any atom is 0.159 e. The second-order valence-corrected chi connectivity index (χ2v) is 6.89. The van der Waals surface area contributed by atoms with Crippen molar-refractivity contribution >= 4 is 23.2 Å². The molecule has 4 rings (SSSR count). The number of pyridine rings is 1. The Morgan fingerprint density at radius 1 is 0.786 bits per heavy atom. The van der Waals surface area contributed by atoms with E-state index >= 15 is 0 Å². The van der Waals surface area contributed by atoms with Gasteiger partial charge in [-0.1, -0.05) is 29.3 Å². The van der Waals surface area contributed by atoms with Gasteiger partial charge in [0.05, 0.1) is 5.69 Å². The molecule has 0 atom stereocenters. The van der Waals surface area contributed by atoms with E-state index in [1.807, 2.05) is 48.5 Å². The molecular weight excluding hydrogens is 393 g/mol. The first-order chi connectivity index (χ1) is 13.7. The zero-order valence-electron chi connectivity index (χ0n) is 14.7. The number of hydrogen-bond donors (Lipinski definition) is 0. The molecule has 2 aromatic carbocycles. The van der Waals surface area contributed by atoms with Crippen molar-refractivity contribution in [2.24, 2.45) is 0 Å².